The zero-order chi connectivity index (χ0) is 17.5. The topological polar surface area (TPSA) is 47.9 Å². The molecule has 0 saturated carbocycles. The van der Waals surface area contributed by atoms with Gasteiger partial charge in [-0.05, 0) is 52.8 Å². The van der Waals surface area contributed by atoms with E-state index in [0.29, 0.717) is 11.5 Å². The van der Waals surface area contributed by atoms with Crippen molar-refractivity contribution < 1.29 is 19.0 Å². The Hall–Kier alpha value is -0.523. The molecule has 0 bridgehead atoms. The van der Waals surface area contributed by atoms with Crippen molar-refractivity contribution in [1.29, 1.82) is 0 Å². The standard InChI is InChI=1S/C17H34O4Si/c1-11(2)19-13-14(20-12(3)4)17(8,18)15(13)21-22(9,10)16(5,6)7/h11-12,15,18H,1-10H3. The molecule has 0 aromatic heterocycles. The molecule has 1 aliphatic carbocycles. The first-order valence-corrected chi connectivity index (χ1v) is 11.1. The van der Waals surface area contributed by atoms with Crippen molar-refractivity contribution >= 4 is 8.32 Å². The van der Waals surface area contributed by atoms with Gasteiger partial charge in [-0.25, -0.2) is 0 Å². The third-order valence-electron chi connectivity index (χ3n) is 4.37. The number of rotatable bonds is 6. The summed E-state index contributed by atoms with van der Waals surface area (Å²) in [6, 6.07) is 0. The number of hydrogen-bond donors (Lipinski definition) is 1. The fraction of sp³-hybridized carbons (Fsp3) is 0.882. The maximum absolute atomic E-state index is 10.8. The Morgan fingerprint density at radius 1 is 1.05 bits per heavy atom. The molecular weight excluding hydrogens is 296 g/mol. The van der Waals surface area contributed by atoms with E-state index in [1.54, 1.807) is 6.92 Å². The first kappa shape index (κ1) is 19.5. The van der Waals surface area contributed by atoms with Crippen LogP contribution in [0.15, 0.2) is 11.5 Å². The molecule has 5 heteroatoms. The maximum Gasteiger partial charge on any atom is 0.193 e. The molecule has 130 valence electrons. The van der Waals surface area contributed by atoms with Gasteiger partial charge in [0.1, 0.15) is 6.10 Å². The fourth-order valence-corrected chi connectivity index (χ4v) is 3.37. The lowest BCUT2D eigenvalue weighted by Gasteiger charge is -2.50. The molecule has 0 saturated heterocycles. The molecule has 0 aromatic rings. The van der Waals surface area contributed by atoms with E-state index in [2.05, 4.69) is 33.9 Å². The lowest BCUT2D eigenvalue weighted by atomic mass is 9.83. The largest absolute Gasteiger partial charge is 0.489 e. The third-order valence-corrected chi connectivity index (χ3v) is 8.80. The van der Waals surface area contributed by atoms with Crippen LogP contribution >= 0.6 is 0 Å². The van der Waals surface area contributed by atoms with Crippen molar-refractivity contribution in [1.82, 2.24) is 0 Å². The van der Waals surface area contributed by atoms with Crippen LogP contribution < -0.4 is 0 Å². The second kappa shape index (κ2) is 6.17. The maximum atomic E-state index is 10.8. The molecule has 4 nitrogen and oxygen atoms in total. The molecule has 0 spiro atoms. The predicted molar refractivity (Wildman–Crippen MR) is 92.2 cm³/mol. The summed E-state index contributed by atoms with van der Waals surface area (Å²) in [5, 5.41) is 10.9. The van der Waals surface area contributed by atoms with Gasteiger partial charge in [0, 0.05) is 0 Å². The summed E-state index contributed by atoms with van der Waals surface area (Å²) in [5.41, 5.74) is -1.13. The highest BCUT2D eigenvalue weighted by molar-refractivity contribution is 6.74. The van der Waals surface area contributed by atoms with E-state index in [0.717, 1.165) is 0 Å². The van der Waals surface area contributed by atoms with E-state index in [1.165, 1.54) is 0 Å². The Morgan fingerprint density at radius 3 is 1.86 bits per heavy atom. The van der Waals surface area contributed by atoms with Gasteiger partial charge in [-0.1, -0.05) is 20.8 Å². The van der Waals surface area contributed by atoms with E-state index in [-0.39, 0.29) is 17.2 Å². The third kappa shape index (κ3) is 3.87. The van der Waals surface area contributed by atoms with Crippen molar-refractivity contribution in [3.8, 4) is 0 Å². The average molecular weight is 331 g/mol. The van der Waals surface area contributed by atoms with Crippen LogP contribution in [0.3, 0.4) is 0 Å². The van der Waals surface area contributed by atoms with Gasteiger partial charge < -0.3 is 19.0 Å². The molecule has 2 atom stereocenters. The molecule has 0 radical (unpaired) electrons. The summed E-state index contributed by atoms with van der Waals surface area (Å²) < 4.78 is 18.1. The summed E-state index contributed by atoms with van der Waals surface area (Å²) in [4.78, 5) is 0. The summed E-state index contributed by atoms with van der Waals surface area (Å²) in [5.74, 6) is 1.17. The van der Waals surface area contributed by atoms with Crippen LogP contribution in [0.4, 0.5) is 0 Å². The zero-order valence-electron chi connectivity index (χ0n) is 15.9. The van der Waals surface area contributed by atoms with Crippen molar-refractivity contribution in [2.45, 2.75) is 97.4 Å². The van der Waals surface area contributed by atoms with Gasteiger partial charge in [0.15, 0.2) is 25.4 Å². The van der Waals surface area contributed by atoms with Crippen LogP contribution in [-0.4, -0.2) is 37.3 Å². The van der Waals surface area contributed by atoms with Crippen LogP contribution in [0.25, 0.3) is 0 Å². The van der Waals surface area contributed by atoms with Crippen molar-refractivity contribution in [3.05, 3.63) is 11.5 Å². The fourth-order valence-electron chi connectivity index (χ4n) is 2.09. The number of ether oxygens (including phenoxy) is 2. The first-order valence-electron chi connectivity index (χ1n) is 8.18. The molecule has 0 aliphatic heterocycles. The SMILES string of the molecule is CC(C)OC1=C(OC(C)C)C(C)(O)C1O[Si](C)(C)C(C)(C)C. The molecule has 2 unspecified atom stereocenters. The van der Waals surface area contributed by atoms with Crippen LogP contribution in [0.1, 0.15) is 55.4 Å². The first-order chi connectivity index (χ1) is 9.70. The van der Waals surface area contributed by atoms with Crippen molar-refractivity contribution in [2.75, 3.05) is 0 Å². The molecule has 0 heterocycles. The lowest BCUT2D eigenvalue weighted by molar-refractivity contribution is -0.131. The summed E-state index contributed by atoms with van der Waals surface area (Å²) in [6.07, 6.45) is -0.451. The molecule has 0 aromatic carbocycles. The quantitative estimate of drug-likeness (QED) is 0.741. The van der Waals surface area contributed by atoms with Crippen LogP contribution in [0.2, 0.25) is 18.1 Å². The van der Waals surface area contributed by atoms with Gasteiger partial charge in [0.2, 0.25) is 0 Å². The Bertz CT molecular complexity index is 430. The van der Waals surface area contributed by atoms with E-state index >= 15 is 0 Å². The Morgan fingerprint density at radius 2 is 1.50 bits per heavy atom. The van der Waals surface area contributed by atoms with Gasteiger partial charge >= 0.3 is 0 Å². The second-order valence-electron chi connectivity index (χ2n) is 8.43. The number of hydrogen-bond acceptors (Lipinski definition) is 4. The van der Waals surface area contributed by atoms with E-state index in [4.69, 9.17) is 13.9 Å². The van der Waals surface area contributed by atoms with Crippen LogP contribution in [-0.2, 0) is 13.9 Å². The normalized spacial score (nSPS) is 26.5. The minimum absolute atomic E-state index is 0.0129. The minimum Gasteiger partial charge on any atom is -0.489 e. The average Bonchev–Trinajstić information content (AvgIpc) is 2.29. The van der Waals surface area contributed by atoms with Gasteiger partial charge in [-0.2, -0.15) is 0 Å². The second-order valence-corrected chi connectivity index (χ2v) is 13.2. The van der Waals surface area contributed by atoms with E-state index in [1.807, 2.05) is 27.7 Å². The molecule has 22 heavy (non-hydrogen) atoms. The Balaban J connectivity index is 3.11. The molecule has 1 N–H and O–H groups in total. The molecule has 1 aliphatic rings. The summed E-state index contributed by atoms with van der Waals surface area (Å²) >= 11 is 0. The summed E-state index contributed by atoms with van der Waals surface area (Å²) in [7, 11) is -2.02. The van der Waals surface area contributed by atoms with E-state index in [9.17, 15) is 5.11 Å². The highest BCUT2D eigenvalue weighted by atomic mass is 28.4. The van der Waals surface area contributed by atoms with Gasteiger partial charge in [0.05, 0.1) is 12.2 Å². The lowest BCUT2D eigenvalue weighted by Crippen LogP contribution is -2.60. The Labute approximate surface area is 137 Å². The zero-order valence-corrected chi connectivity index (χ0v) is 16.9. The molecule has 0 amide bonds. The van der Waals surface area contributed by atoms with Gasteiger partial charge in [0.25, 0.3) is 0 Å². The Kier molecular flexibility index (Phi) is 5.48. The molecule has 0 fully saturated rings. The van der Waals surface area contributed by atoms with Gasteiger partial charge in [-0.15, -0.1) is 0 Å². The predicted octanol–water partition coefficient (Wildman–Crippen LogP) is 4.20. The highest BCUT2D eigenvalue weighted by Gasteiger charge is 2.57. The smallest absolute Gasteiger partial charge is 0.193 e. The van der Waals surface area contributed by atoms with Crippen molar-refractivity contribution in [2.24, 2.45) is 0 Å². The minimum atomic E-state index is -2.02. The monoisotopic (exact) mass is 330 g/mol. The van der Waals surface area contributed by atoms with Gasteiger partial charge in [-0.3, -0.25) is 0 Å². The van der Waals surface area contributed by atoms with Crippen LogP contribution in [0, 0.1) is 0 Å². The van der Waals surface area contributed by atoms with Crippen molar-refractivity contribution in [3.63, 3.8) is 0 Å². The highest BCUT2D eigenvalue weighted by Crippen LogP contribution is 2.47. The van der Waals surface area contributed by atoms with Crippen LogP contribution in [0.5, 0.6) is 0 Å². The number of aliphatic hydroxyl groups is 1. The molecule has 1 rings (SSSR count). The van der Waals surface area contributed by atoms with E-state index < -0.39 is 20.0 Å². The molecular formula is C17H34O4Si. The summed E-state index contributed by atoms with van der Waals surface area (Å²) in [6.45, 7) is 20.5.